The van der Waals surface area contributed by atoms with Gasteiger partial charge in [0.2, 0.25) is 0 Å². The van der Waals surface area contributed by atoms with Gasteiger partial charge in [-0.3, -0.25) is 4.68 Å². The maximum absolute atomic E-state index is 12.8. The van der Waals surface area contributed by atoms with Crippen molar-refractivity contribution in [2.75, 3.05) is 0 Å². The minimum Gasteiger partial charge on any atom is -0.304 e. The second-order valence-electron chi connectivity index (χ2n) is 4.61. The van der Waals surface area contributed by atoms with Gasteiger partial charge in [0.25, 0.3) is 0 Å². The summed E-state index contributed by atoms with van der Waals surface area (Å²) in [6.07, 6.45) is 3.85. The quantitative estimate of drug-likeness (QED) is 0.900. The monoisotopic (exact) mass is 247 g/mol. The lowest BCUT2D eigenvalue weighted by molar-refractivity contribution is 0.493. The van der Waals surface area contributed by atoms with Gasteiger partial charge >= 0.3 is 0 Å². The van der Waals surface area contributed by atoms with E-state index < -0.39 is 0 Å². The molecule has 0 radical (unpaired) electrons. The van der Waals surface area contributed by atoms with Crippen LogP contribution in [0.4, 0.5) is 4.39 Å². The van der Waals surface area contributed by atoms with Crippen LogP contribution >= 0.6 is 0 Å². The Balaban J connectivity index is 2.02. The molecule has 1 unspecified atom stereocenters. The lowest BCUT2D eigenvalue weighted by Gasteiger charge is -2.19. The second-order valence-corrected chi connectivity index (χ2v) is 4.61. The van der Waals surface area contributed by atoms with Crippen molar-refractivity contribution in [3.63, 3.8) is 0 Å². The first-order chi connectivity index (χ1) is 8.56. The van der Waals surface area contributed by atoms with Crippen LogP contribution in [0, 0.1) is 5.82 Å². The molecule has 0 amide bonds. The molecule has 0 spiro atoms. The SMILES string of the molecule is CC(N[C@@H](C)c1ccc(F)cc1)c1cnn(C)c1. The molecule has 1 heterocycles. The van der Waals surface area contributed by atoms with E-state index in [1.54, 1.807) is 4.68 Å². The standard InChI is InChI=1S/C14H18FN3/c1-10(12-4-6-14(15)7-5-12)17-11(2)13-8-16-18(3)9-13/h4-11,17H,1-3H3/t10-,11?/m0/s1. The molecule has 2 rings (SSSR count). The van der Waals surface area contributed by atoms with E-state index in [0.717, 1.165) is 11.1 Å². The third-order valence-corrected chi connectivity index (χ3v) is 3.09. The summed E-state index contributed by atoms with van der Waals surface area (Å²) >= 11 is 0. The Bertz CT molecular complexity index is 504. The summed E-state index contributed by atoms with van der Waals surface area (Å²) in [6.45, 7) is 4.16. The van der Waals surface area contributed by atoms with Crippen LogP contribution in [0.15, 0.2) is 36.7 Å². The number of halogens is 1. The molecule has 0 fully saturated rings. The van der Waals surface area contributed by atoms with Crippen LogP contribution in [0.1, 0.15) is 37.1 Å². The smallest absolute Gasteiger partial charge is 0.123 e. The van der Waals surface area contributed by atoms with Crippen molar-refractivity contribution in [3.05, 3.63) is 53.6 Å². The molecule has 0 aliphatic carbocycles. The van der Waals surface area contributed by atoms with Crippen LogP contribution in [-0.4, -0.2) is 9.78 Å². The highest BCUT2D eigenvalue weighted by atomic mass is 19.1. The molecule has 1 N–H and O–H groups in total. The van der Waals surface area contributed by atoms with Crippen LogP contribution in [0.2, 0.25) is 0 Å². The van der Waals surface area contributed by atoms with E-state index in [-0.39, 0.29) is 17.9 Å². The lowest BCUT2D eigenvalue weighted by atomic mass is 10.1. The zero-order valence-electron chi connectivity index (χ0n) is 10.9. The van der Waals surface area contributed by atoms with Gasteiger partial charge in [-0.1, -0.05) is 12.1 Å². The van der Waals surface area contributed by atoms with Crippen molar-refractivity contribution in [2.45, 2.75) is 25.9 Å². The fourth-order valence-corrected chi connectivity index (χ4v) is 1.98. The molecule has 1 aromatic carbocycles. The third-order valence-electron chi connectivity index (χ3n) is 3.09. The van der Waals surface area contributed by atoms with E-state index in [1.165, 1.54) is 12.1 Å². The number of hydrogen-bond acceptors (Lipinski definition) is 2. The van der Waals surface area contributed by atoms with Gasteiger partial charge in [0.1, 0.15) is 5.82 Å². The zero-order valence-corrected chi connectivity index (χ0v) is 10.9. The molecule has 0 saturated carbocycles. The number of aryl methyl sites for hydroxylation is 1. The molecule has 0 aliphatic rings. The first-order valence-electron chi connectivity index (χ1n) is 6.06. The average Bonchev–Trinajstić information content (AvgIpc) is 2.76. The minimum absolute atomic E-state index is 0.167. The van der Waals surface area contributed by atoms with E-state index in [1.807, 2.05) is 31.6 Å². The molecule has 3 nitrogen and oxygen atoms in total. The van der Waals surface area contributed by atoms with Gasteiger partial charge in [-0.15, -0.1) is 0 Å². The summed E-state index contributed by atoms with van der Waals surface area (Å²) in [5.74, 6) is -0.203. The summed E-state index contributed by atoms with van der Waals surface area (Å²) in [7, 11) is 1.90. The normalized spacial score (nSPS) is 14.4. The summed E-state index contributed by atoms with van der Waals surface area (Å²) in [5.41, 5.74) is 2.22. The second kappa shape index (κ2) is 5.31. The van der Waals surface area contributed by atoms with Crippen LogP contribution in [0.5, 0.6) is 0 Å². The summed E-state index contributed by atoms with van der Waals surface area (Å²) in [5, 5.41) is 7.63. The topological polar surface area (TPSA) is 29.9 Å². The first-order valence-corrected chi connectivity index (χ1v) is 6.06. The molecule has 96 valence electrons. The zero-order chi connectivity index (χ0) is 13.1. The average molecular weight is 247 g/mol. The fraction of sp³-hybridized carbons (Fsp3) is 0.357. The predicted molar refractivity (Wildman–Crippen MR) is 69.6 cm³/mol. The third kappa shape index (κ3) is 2.96. The predicted octanol–water partition coefficient (Wildman–Crippen LogP) is 2.97. The molecule has 4 heteroatoms. The Morgan fingerprint density at radius 3 is 2.28 bits per heavy atom. The van der Waals surface area contributed by atoms with E-state index in [2.05, 4.69) is 24.3 Å². The highest BCUT2D eigenvalue weighted by molar-refractivity contribution is 5.20. The Labute approximate surface area is 107 Å². The Kier molecular flexibility index (Phi) is 3.77. The van der Waals surface area contributed by atoms with Gasteiger partial charge < -0.3 is 5.32 Å². The minimum atomic E-state index is -0.203. The first kappa shape index (κ1) is 12.8. The summed E-state index contributed by atoms with van der Waals surface area (Å²) in [6, 6.07) is 6.97. The van der Waals surface area contributed by atoms with E-state index in [4.69, 9.17) is 0 Å². The van der Waals surface area contributed by atoms with Gasteiger partial charge in [-0.2, -0.15) is 5.10 Å². The van der Waals surface area contributed by atoms with Crippen LogP contribution in [-0.2, 0) is 7.05 Å². The molecule has 0 bridgehead atoms. The van der Waals surface area contributed by atoms with E-state index in [9.17, 15) is 4.39 Å². The fourth-order valence-electron chi connectivity index (χ4n) is 1.98. The van der Waals surface area contributed by atoms with Crippen molar-refractivity contribution in [2.24, 2.45) is 7.05 Å². The molecule has 18 heavy (non-hydrogen) atoms. The molecular formula is C14H18FN3. The van der Waals surface area contributed by atoms with Gasteiger partial charge in [-0.05, 0) is 31.5 Å². The number of rotatable bonds is 4. The Morgan fingerprint density at radius 1 is 1.11 bits per heavy atom. The number of aromatic nitrogens is 2. The number of nitrogens with one attached hydrogen (secondary N) is 1. The maximum atomic E-state index is 12.8. The van der Waals surface area contributed by atoms with Crippen molar-refractivity contribution < 1.29 is 4.39 Å². The van der Waals surface area contributed by atoms with Crippen molar-refractivity contribution in [1.29, 1.82) is 0 Å². The molecule has 2 atom stereocenters. The largest absolute Gasteiger partial charge is 0.304 e. The maximum Gasteiger partial charge on any atom is 0.123 e. The Hall–Kier alpha value is -1.68. The van der Waals surface area contributed by atoms with Gasteiger partial charge in [0.05, 0.1) is 6.20 Å². The molecule has 1 aromatic heterocycles. The van der Waals surface area contributed by atoms with E-state index in [0.29, 0.717) is 0 Å². The van der Waals surface area contributed by atoms with Gasteiger partial charge in [0, 0.05) is 30.9 Å². The van der Waals surface area contributed by atoms with E-state index >= 15 is 0 Å². The Morgan fingerprint density at radius 2 is 1.72 bits per heavy atom. The number of nitrogens with zero attached hydrogens (tertiary/aromatic N) is 2. The molecule has 0 saturated heterocycles. The highest BCUT2D eigenvalue weighted by Crippen LogP contribution is 2.19. The number of benzene rings is 1. The van der Waals surface area contributed by atoms with Crippen LogP contribution in [0.25, 0.3) is 0 Å². The van der Waals surface area contributed by atoms with Gasteiger partial charge in [0.15, 0.2) is 0 Å². The highest BCUT2D eigenvalue weighted by Gasteiger charge is 2.12. The van der Waals surface area contributed by atoms with Gasteiger partial charge in [-0.25, -0.2) is 4.39 Å². The van der Waals surface area contributed by atoms with Crippen LogP contribution in [0.3, 0.4) is 0 Å². The molecule has 2 aromatic rings. The lowest BCUT2D eigenvalue weighted by Crippen LogP contribution is -2.22. The molecular weight excluding hydrogens is 229 g/mol. The summed E-state index contributed by atoms with van der Waals surface area (Å²) < 4.78 is 14.6. The van der Waals surface area contributed by atoms with Crippen LogP contribution < -0.4 is 5.32 Å². The van der Waals surface area contributed by atoms with Crippen molar-refractivity contribution in [3.8, 4) is 0 Å². The summed E-state index contributed by atoms with van der Waals surface area (Å²) in [4.78, 5) is 0. The van der Waals surface area contributed by atoms with Crippen molar-refractivity contribution in [1.82, 2.24) is 15.1 Å². The molecule has 0 aliphatic heterocycles. The number of hydrogen-bond donors (Lipinski definition) is 1. The van der Waals surface area contributed by atoms with Crippen molar-refractivity contribution >= 4 is 0 Å².